The molecule has 0 N–H and O–H groups in total. The minimum absolute atomic E-state index is 0.336. The number of ether oxygens (including phenoxy) is 1. The molecule has 2 heterocycles. The Kier molecular flexibility index (Phi) is 4.62. The molecule has 1 fully saturated rings. The van der Waals surface area contributed by atoms with E-state index in [0.717, 1.165) is 38.2 Å². The summed E-state index contributed by atoms with van der Waals surface area (Å²) in [5, 5.41) is 0.934. The van der Waals surface area contributed by atoms with Gasteiger partial charge in [0.15, 0.2) is 0 Å². The fourth-order valence-corrected chi connectivity index (χ4v) is 2.38. The first kappa shape index (κ1) is 13.1. The summed E-state index contributed by atoms with van der Waals surface area (Å²) in [5.74, 6) is 0. The third kappa shape index (κ3) is 3.55. The van der Waals surface area contributed by atoms with Crippen LogP contribution in [0, 0.1) is 0 Å². The van der Waals surface area contributed by atoms with Crippen molar-refractivity contribution < 1.29 is 4.74 Å². The largest absolute Gasteiger partial charge is 0.376 e. The topological polar surface area (TPSA) is 25.4 Å². The molecule has 0 aliphatic carbocycles. The molecule has 17 heavy (non-hydrogen) atoms. The molecule has 1 aromatic rings. The first-order chi connectivity index (χ1) is 8.19. The second kappa shape index (κ2) is 6.01. The van der Waals surface area contributed by atoms with Gasteiger partial charge in [0.1, 0.15) is 10.3 Å². The maximum absolute atomic E-state index is 6.07. The van der Waals surface area contributed by atoms with Crippen LogP contribution in [0.15, 0.2) is 12.1 Å². The van der Waals surface area contributed by atoms with Crippen molar-refractivity contribution in [3.63, 3.8) is 0 Å². The zero-order valence-electron chi connectivity index (χ0n) is 9.83. The third-order valence-electron chi connectivity index (χ3n) is 2.96. The van der Waals surface area contributed by atoms with E-state index in [9.17, 15) is 0 Å². The monoisotopic (exact) mass is 274 g/mol. The Labute approximate surface area is 112 Å². The SMILES string of the molecule is CCC1CN(Cc2ccc(Cl)nc2Cl)CCO1. The summed E-state index contributed by atoms with van der Waals surface area (Å²) in [6, 6.07) is 3.72. The number of pyridine rings is 1. The quantitative estimate of drug-likeness (QED) is 0.793. The second-order valence-electron chi connectivity index (χ2n) is 4.22. The van der Waals surface area contributed by atoms with Gasteiger partial charge in [-0.25, -0.2) is 4.98 Å². The summed E-state index contributed by atoms with van der Waals surface area (Å²) in [6.45, 7) is 5.63. The Hall–Kier alpha value is -0.350. The van der Waals surface area contributed by atoms with Crippen LogP contribution in [0.3, 0.4) is 0 Å². The summed E-state index contributed by atoms with van der Waals surface area (Å²) >= 11 is 11.8. The highest BCUT2D eigenvalue weighted by Gasteiger charge is 2.19. The smallest absolute Gasteiger partial charge is 0.135 e. The van der Waals surface area contributed by atoms with E-state index in [0.29, 0.717) is 16.4 Å². The van der Waals surface area contributed by atoms with Gasteiger partial charge in [0.05, 0.1) is 12.7 Å². The lowest BCUT2D eigenvalue weighted by Crippen LogP contribution is -2.41. The van der Waals surface area contributed by atoms with Gasteiger partial charge in [0.2, 0.25) is 0 Å². The van der Waals surface area contributed by atoms with Crippen LogP contribution < -0.4 is 0 Å². The van der Waals surface area contributed by atoms with E-state index in [1.54, 1.807) is 6.07 Å². The maximum Gasteiger partial charge on any atom is 0.135 e. The van der Waals surface area contributed by atoms with Crippen LogP contribution in [0.1, 0.15) is 18.9 Å². The number of nitrogens with zero attached hydrogens (tertiary/aromatic N) is 2. The molecule has 1 aliphatic heterocycles. The highest BCUT2D eigenvalue weighted by atomic mass is 35.5. The molecule has 5 heteroatoms. The Morgan fingerprint density at radius 1 is 1.47 bits per heavy atom. The van der Waals surface area contributed by atoms with Crippen LogP contribution in [0.2, 0.25) is 10.3 Å². The lowest BCUT2D eigenvalue weighted by Gasteiger charge is -2.32. The molecule has 0 radical (unpaired) electrons. The zero-order chi connectivity index (χ0) is 12.3. The number of hydrogen-bond acceptors (Lipinski definition) is 3. The first-order valence-corrected chi connectivity index (χ1v) is 6.59. The van der Waals surface area contributed by atoms with Gasteiger partial charge < -0.3 is 4.74 Å². The van der Waals surface area contributed by atoms with Crippen LogP contribution in [0.5, 0.6) is 0 Å². The van der Waals surface area contributed by atoms with E-state index in [-0.39, 0.29) is 0 Å². The van der Waals surface area contributed by atoms with Crippen LogP contribution in [-0.4, -0.2) is 35.7 Å². The van der Waals surface area contributed by atoms with E-state index >= 15 is 0 Å². The zero-order valence-corrected chi connectivity index (χ0v) is 11.3. The highest BCUT2D eigenvalue weighted by molar-refractivity contribution is 6.32. The molecule has 94 valence electrons. The van der Waals surface area contributed by atoms with Gasteiger partial charge in [0, 0.05) is 25.2 Å². The normalized spacial score (nSPS) is 21.7. The molecule has 1 unspecified atom stereocenters. The Balaban J connectivity index is 2.00. The Bertz CT molecular complexity index is 387. The molecule has 1 aliphatic rings. The van der Waals surface area contributed by atoms with Gasteiger partial charge in [-0.15, -0.1) is 0 Å². The molecule has 0 aromatic carbocycles. The standard InChI is InChI=1S/C12H16Cl2N2O/c1-2-10-8-16(5-6-17-10)7-9-3-4-11(13)15-12(9)14/h3-4,10H,2,5-8H2,1H3. The Morgan fingerprint density at radius 2 is 2.29 bits per heavy atom. The molecule has 3 nitrogen and oxygen atoms in total. The van der Waals surface area contributed by atoms with Crippen molar-refractivity contribution in [2.24, 2.45) is 0 Å². The van der Waals surface area contributed by atoms with Gasteiger partial charge >= 0.3 is 0 Å². The van der Waals surface area contributed by atoms with Gasteiger partial charge in [-0.1, -0.05) is 36.2 Å². The molecule has 1 atom stereocenters. The molecule has 2 rings (SSSR count). The van der Waals surface area contributed by atoms with Crippen molar-refractivity contribution in [1.82, 2.24) is 9.88 Å². The summed E-state index contributed by atoms with van der Waals surface area (Å²) in [7, 11) is 0. The average Bonchev–Trinajstić information content (AvgIpc) is 2.33. The summed E-state index contributed by atoms with van der Waals surface area (Å²) in [4.78, 5) is 6.39. The van der Waals surface area contributed by atoms with Crippen molar-refractivity contribution in [2.75, 3.05) is 19.7 Å². The van der Waals surface area contributed by atoms with Crippen molar-refractivity contribution >= 4 is 23.2 Å². The Morgan fingerprint density at radius 3 is 3.00 bits per heavy atom. The molecular weight excluding hydrogens is 259 g/mol. The van der Waals surface area contributed by atoms with E-state index in [1.165, 1.54) is 0 Å². The molecule has 0 saturated carbocycles. The van der Waals surface area contributed by atoms with E-state index in [2.05, 4.69) is 16.8 Å². The van der Waals surface area contributed by atoms with Crippen LogP contribution in [-0.2, 0) is 11.3 Å². The van der Waals surface area contributed by atoms with Crippen molar-refractivity contribution in [3.05, 3.63) is 28.0 Å². The summed E-state index contributed by atoms with van der Waals surface area (Å²) < 4.78 is 5.63. The van der Waals surface area contributed by atoms with Gasteiger partial charge in [-0.3, -0.25) is 4.90 Å². The summed E-state index contributed by atoms with van der Waals surface area (Å²) in [5.41, 5.74) is 1.02. The van der Waals surface area contributed by atoms with Crippen LogP contribution in [0.25, 0.3) is 0 Å². The number of rotatable bonds is 3. The van der Waals surface area contributed by atoms with Crippen LogP contribution >= 0.6 is 23.2 Å². The van der Waals surface area contributed by atoms with E-state index in [4.69, 9.17) is 27.9 Å². The molecule has 0 bridgehead atoms. The first-order valence-electron chi connectivity index (χ1n) is 5.84. The third-order valence-corrected chi connectivity index (χ3v) is 3.50. The number of hydrogen-bond donors (Lipinski definition) is 0. The van der Waals surface area contributed by atoms with E-state index in [1.807, 2.05) is 6.07 Å². The predicted octanol–water partition coefficient (Wildman–Crippen LogP) is 3.00. The minimum atomic E-state index is 0.336. The number of morpholine rings is 1. The number of aromatic nitrogens is 1. The highest BCUT2D eigenvalue weighted by Crippen LogP contribution is 2.19. The van der Waals surface area contributed by atoms with E-state index < -0.39 is 0 Å². The minimum Gasteiger partial charge on any atom is -0.376 e. The van der Waals surface area contributed by atoms with Crippen molar-refractivity contribution in [2.45, 2.75) is 26.0 Å². The van der Waals surface area contributed by atoms with Crippen molar-refractivity contribution in [3.8, 4) is 0 Å². The second-order valence-corrected chi connectivity index (χ2v) is 4.97. The maximum atomic E-state index is 6.07. The fourth-order valence-electron chi connectivity index (χ4n) is 1.97. The summed E-state index contributed by atoms with van der Waals surface area (Å²) in [6.07, 6.45) is 1.38. The molecule has 0 amide bonds. The van der Waals surface area contributed by atoms with Crippen molar-refractivity contribution in [1.29, 1.82) is 0 Å². The fraction of sp³-hybridized carbons (Fsp3) is 0.583. The lowest BCUT2D eigenvalue weighted by molar-refractivity contribution is -0.0324. The molecular formula is C12H16Cl2N2O. The molecule has 1 aromatic heterocycles. The molecule has 0 spiro atoms. The number of halogens is 2. The average molecular weight is 275 g/mol. The van der Waals surface area contributed by atoms with Gasteiger partial charge in [-0.05, 0) is 12.5 Å². The van der Waals surface area contributed by atoms with Gasteiger partial charge in [-0.2, -0.15) is 0 Å². The lowest BCUT2D eigenvalue weighted by atomic mass is 10.2. The van der Waals surface area contributed by atoms with Gasteiger partial charge in [0.25, 0.3) is 0 Å². The predicted molar refractivity (Wildman–Crippen MR) is 69.6 cm³/mol. The molecule has 1 saturated heterocycles. The van der Waals surface area contributed by atoms with Crippen LogP contribution in [0.4, 0.5) is 0 Å².